The summed E-state index contributed by atoms with van der Waals surface area (Å²) in [5, 5.41) is 2.76. The molecule has 0 radical (unpaired) electrons. The van der Waals surface area contributed by atoms with E-state index in [1.54, 1.807) is 11.1 Å². The van der Waals surface area contributed by atoms with Crippen LogP contribution >= 0.6 is 0 Å². The van der Waals surface area contributed by atoms with Crippen molar-refractivity contribution in [2.75, 3.05) is 26.7 Å². The lowest BCUT2D eigenvalue weighted by atomic mass is 10.0. The maximum Gasteiger partial charge on any atom is 0.317 e. The molecule has 1 aliphatic heterocycles. The number of methoxy groups -OCH3 is 1. The molecule has 1 fully saturated rings. The van der Waals surface area contributed by atoms with Gasteiger partial charge in [0.2, 0.25) is 0 Å². The van der Waals surface area contributed by atoms with Crippen LogP contribution in [0.5, 0.6) is 0 Å². The molecule has 1 atom stereocenters. The zero-order valence-corrected chi connectivity index (χ0v) is 14.6. The molecule has 0 aliphatic carbocycles. The summed E-state index contributed by atoms with van der Waals surface area (Å²) in [4.78, 5) is 34.0. The van der Waals surface area contributed by atoms with Gasteiger partial charge in [-0.05, 0) is 24.5 Å². The second-order valence-corrected chi connectivity index (χ2v) is 6.30. The summed E-state index contributed by atoms with van der Waals surface area (Å²) in [5.41, 5.74) is 1.78. The van der Waals surface area contributed by atoms with E-state index in [1.807, 2.05) is 23.7 Å². The first kappa shape index (κ1) is 17.2. The van der Waals surface area contributed by atoms with Crippen LogP contribution in [0.15, 0.2) is 18.3 Å². The summed E-state index contributed by atoms with van der Waals surface area (Å²) in [6, 6.07) is 3.72. The van der Waals surface area contributed by atoms with Crippen molar-refractivity contribution in [1.29, 1.82) is 0 Å². The lowest BCUT2D eigenvalue weighted by molar-refractivity contribution is -0.140. The zero-order chi connectivity index (χ0) is 17.8. The van der Waals surface area contributed by atoms with Crippen LogP contribution in [-0.2, 0) is 23.0 Å². The van der Waals surface area contributed by atoms with Crippen LogP contribution in [0, 0.1) is 5.92 Å². The molecule has 2 amide bonds. The van der Waals surface area contributed by atoms with E-state index >= 15 is 0 Å². The van der Waals surface area contributed by atoms with Gasteiger partial charge in [0.05, 0.1) is 13.5 Å². The summed E-state index contributed by atoms with van der Waals surface area (Å²) < 4.78 is 6.58. The quantitative estimate of drug-likeness (QED) is 0.820. The molecule has 8 heteroatoms. The smallest absolute Gasteiger partial charge is 0.317 e. The minimum Gasteiger partial charge on any atom is -0.469 e. The molecule has 0 spiro atoms. The molecule has 0 saturated carbocycles. The molecular weight excluding hydrogens is 322 g/mol. The Morgan fingerprint density at radius 1 is 1.44 bits per heavy atom. The Kier molecular flexibility index (Phi) is 5.16. The van der Waals surface area contributed by atoms with Gasteiger partial charge in [0.1, 0.15) is 11.3 Å². The van der Waals surface area contributed by atoms with Crippen LogP contribution in [-0.4, -0.2) is 58.2 Å². The first-order valence-electron chi connectivity index (χ1n) is 8.44. The molecule has 0 aromatic carbocycles. The second kappa shape index (κ2) is 7.50. The van der Waals surface area contributed by atoms with Crippen molar-refractivity contribution >= 4 is 23.2 Å². The number of fused-ring (bicyclic) bond motifs is 1. The van der Waals surface area contributed by atoms with Crippen LogP contribution < -0.4 is 5.32 Å². The third-order valence-corrected chi connectivity index (χ3v) is 4.60. The number of nitrogens with zero attached hydrogens (tertiary/aromatic N) is 4. The maximum absolute atomic E-state index is 12.2. The topological polar surface area (TPSA) is 89.3 Å². The molecule has 1 saturated heterocycles. The Balaban J connectivity index is 1.53. The summed E-state index contributed by atoms with van der Waals surface area (Å²) in [5.74, 6) is 1.04. The van der Waals surface area contributed by atoms with Gasteiger partial charge in [-0.15, -0.1) is 0 Å². The first-order chi connectivity index (χ1) is 12.1. The third-order valence-electron chi connectivity index (χ3n) is 4.60. The number of aromatic nitrogens is 3. The number of carbonyl (C=O) groups excluding carboxylic acids is 2. The van der Waals surface area contributed by atoms with Crippen molar-refractivity contribution in [2.45, 2.75) is 19.3 Å². The number of imidazole rings is 1. The number of nitrogens with one attached hydrogen (secondary N) is 1. The van der Waals surface area contributed by atoms with E-state index in [0.29, 0.717) is 19.0 Å². The van der Waals surface area contributed by atoms with E-state index in [1.165, 1.54) is 7.11 Å². The third kappa shape index (κ3) is 3.89. The minimum absolute atomic E-state index is 0.127. The van der Waals surface area contributed by atoms with Crippen molar-refractivity contribution in [1.82, 2.24) is 24.8 Å². The lowest BCUT2D eigenvalue weighted by Crippen LogP contribution is -2.39. The van der Waals surface area contributed by atoms with Crippen molar-refractivity contribution in [3.8, 4) is 0 Å². The summed E-state index contributed by atoms with van der Waals surface area (Å²) in [6.07, 6.45) is 3.72. The van der Waals surface area contributed by atoms with Gasteiger partial charge in [-0.25, -0.2) is 14.8 Å². The number of likely N-dealkylation sites (tertiary alicyclic amines) is 1. The number of pyridine rings is 1. The number of hydrogen-bond acceptors (Lipinski definition) is 5. The van der Waals surface area contributed by atoms with Gasteiger partial charge < -0.3 is 19.5 Å². The molecular formula is C17H23N5O3. The molecule has 8 nitrogen and oxygen atoms in total. The summed E-state index contributed by atoms with van der Waals surface area (Å²) in [6.45, 7) is 1.71. The number of amides is 2. The fraction of sp³-hybridized carbons (Fsp3) is 0.529. The number of ether oxygens (including phenoxy) is 1. The van der Waals surface area contributed by atoms with Gasteiger partial charge in [-0.3, -0.25) is 4.79 Å². The van der Waals surface area contributed by atoms with Crippen LogP contribution in [0.2, 0.25) is 0 Å². The zero-order valence-electron chi connectivity index (χ0n) is 14.6. The molecule has 0 bridgehead atoms. The average molecular weight is 345 g/mol. The Morgan fingerprint density at radius 2 is 2.28 bits per heavy atom. The monoisotopic (exact) mass is 345 g/mol. The molecule has 2 aromatic rings. The Bertz CT molecular complexity index is 773. The van der Waals surface area contributed by atoms with Crippen molar-refractivity contribution < 1.29 is 14.3 Å². The second-order valence-electron chi connectivity index (χ2n) is 6.30. The molecule has 134 valence electrons. The predicted molar refractivity (Wildman–Crippen MR) is 91.9 cm³/mol. The predicted octanol–water partition coefficient (Wildman–Crippen LogP) is 1.11. The highest BCUT2D eigenvalue weighted by Gasteiger charge is 2.27. The average Bonchev–Trinajstić information content (AvgIpc) is 3.21. The van der Waals surface area contributed by atoms with Gasteiger partial charge in [-0.2, -0.15) is 0 Å². The molecule has 0 unspecified atom stereocenters. The lowest BCUT2D eigenvalue weighted by Gasteiger charge is -2.17. The fourth-order valence-corrected chi connectivity index (χ4v) is 3.18. The number of esters is 1. The van der Waals surface area contributed by atoms with Gasteiger partial charge >= 0.3 is 12.0 Å². The number of urea groups is 1. The van der Waals surface area contributed by atoms with Crippen LogP contribution in [0.1, 0.15) is 18.7 Å². The van der Waals surface area contributed by atoms with Gasteiger partial charge in [0, 0.05) is 39.3 Å². The van der Waals surface area contributed by atoms with E-state index in [-0.39, 0.29) is 18.4 Å². The summed E-state index contributed by atoms with van der Waals surface area (Å²) in [7, 11) is 3.32. The normalized spacial score (nSPS) is 17.0. The van der Waals surface area contributed by atoms with Crippen molar-refractivity contribution in [2.24, 2.45) is 13.0 Å². The molecule has 1 N–H and O–H groups in total. The van der Waals surface area contributed by atoms with Crippen molar-refractivity contribution in [3.05, 3.63) is 24.2 Å². The fourth-order valence-electron chi connectivity index (χ4n) is 3.18. The van der Waals surface area contributed by atoms with E-state index < -0.39 is 0 Å². The van der Waals surface area contributed by atoms with E-state index in [0.717, 1.165) is 36.4 Å². The molecule has 25 heavy (non-hydrogen) atoms. The number of rotatable bonds is 5. The molecule has 3 heterocycles. The Hall–Kier alpha value is -2.64. The molecule has 3 rings (SSSR count). The first-order valence-corrected chi connectivity index (χ1v) is 8.44. The van der Waals surface area contributed by atoms with Gasteiger partial charge in [0.25, 0.3) is 0 Å². The SMILES string of the molecule is COC(=O)CCNC(=O)N1CC[C@@H](Cc2nc3cccnc3n2C)C1. The number of carbonyl (C=O) groups is 2. The standard InChI is InChI=1S/C17H23N5O3/c1-21-14(20-13-4-3-7-18-16(13)21)10-12-6-9-22(11-12)17(24)19-8-5-15(23)25-2/h3-4,7,12H,5-6,8-11H2,1-2H3,(H,19,24)/t12-/m0/s1. The maximum atomic E-state index is 12.2. The largest absolute Gasteiger partial charge is 0.469 e. The number of hydrogen-bond donors (Lipinski definition) is 1. The van der Waals surface area contributed by atoms with Crippen LogP contribution in [0.4, 0.5) is 4.79 Å². The molecule has 2 aromatic heterocycles. The van der Waals surface area contributed by atoms with E-state index in [4.69, 9.17) is 0 Å². The highest BCUT2D eigenvalue weighted by Crippen LogP contribution is 2.22. The minimum atomic E-state index is -0.324. The Morgan fingerprint density at radius 3 is 3.04 bits per heavy atom. The highest BCUT2D eigenvalue weighted by molar-refractivity contribution is 5.76. The van der Waals surface area contributed by atoms with E-state index in [9.17, 15) is 9.59 Å². The van der Waals surface area contributed by atoms with E-state index in [2.05, 4.69) is 20.0 Å². The van der Waals surface area contributed by atoms with Gasteiger partial charge in [0.15, 0.2) is 5.65 Å². The highest BCUT2D eigenvalue weighted by atomic mass is 16.5. The Labute approximate surface area is 146 Å². The number of aryl methyl sites for hydroxylation is 1. The molecule has 1 aliphatic rings. The summed E-state index contributed by atoms with van der Waals surface area (Å²) >= 11 is 0. The van der Waals surface area contributed by atoms with Crippen molar-refractivity contribution in [3.63, 3.8) is 0 Å². The van der Waals surface area contributed by atoms with Gasteiger partial charge in [-0.1, -0.05) is 0 Å². The van der Waals surface area contributed by atoms with Crippen LogP contribution in [0.25, 0.3) is 11.2 Å². The van der Waals surface area contributed by atoms with Crippen LogP contribution in [0.3, 0.4) is 0 Å².